The van der Waals surface area contributed by atoms with Crippen molar-refractivity contribution in [2.45, 2.75) is 25.3 Å². The number of nitrogens with one attached hydrogen (secondary N) is 2. The first-order chi connectivity index (χ1) is 11.6. The third-order valence-electron chi connectivity index (χ3n) is 5.57. The fourth-order valence-corrected chi connectivity index (χ4v) is 4.15. The van der Waals surface area contributed by atoms with Crippen LogP contribution in [0.5, 0.6) is 0 Å². The van der Waals surface area contributed by atoms with Crippen LogP contribution in [0.2, 0.25) is 0 Å². The second-order valence-electron chi connectivity index (χ2n) is 6.80. The van der Waals surface area contributed by atoms with E-state index in [0.717, 1.165) is 25.1 Å². The first-order valence-electron chi connectivity index (χ1n) is 8.60. The predicted octanol–water partition coefficient (Wildman–Crippen LogP) is 1.75. The molecule has 1 aromatic carbocycles. The Bertz CT molecular complexity index is 606. The second kappa shape index (κ2) is 6.81. The number of hydrogen-bond donors (Lipinski definition) is 2. The van der Waals surface area contributed by atoms with E-state index in [9.17, 15) is 9.59 Å². The molecule has 0 radical (unpaired) electrons. The number of amides is 3. The normalized spacial score (nSPS) is 27.2. The van der Waals surface area contributed by atoms with Crippen molar-refractivity contribution in [2.24, 2.45) is 5.41 Å². The molecule has 6 nitrogen and oxygen atoms in total. The van der Waals surface area contributed by atoms with Crippen molar-refractivity contribution in [3.8, 4) is 0 Å². The van der Waals surface area contributed by atoms with Gasteiger partial charge in [-0.25, -0.2) is 4.79 Å². The minimum Gasteiger partial charge on any atom is -0.341 e. The summed E-state index contributed by atoms with van der Waals surface area (Å²) in [6.45, 7) is 2.23. The average molecular weight is 330 g/mol. The number of hydrogen-bond acceptors (Lipinski definition) is 3. The first kappa shape index (κ1) is 16.8. The predicted molar refractivity (Wildman–Crippen MR) is 93.8 cm³/mol. The monoisotopic (exact) mass is 330 g/mol. The minimum absolute atomic E-state index is 0.0590. The first-order valence-corrected chi connectivity index (χ1v) is 8.60. The van der Waals surface area contributed by atoms with Gasteiger partial charge in [0.15, 0.2) is 0 Å². The Morgan fingerprint density at radius 2 is 1.83 bits per heavy atom. The van der Waals surface area contributed by atoms with Gasteiger partial charge in [0.05, 0.1) is 5.41 Å². The van der Waals surface area contributed by atoms with E-state index in [1.54, 1.807) is 7.05 Å². The van der Waals surface area contributed by atoms with Crippen LogP contribution in [0.15, 0.2) is 30.3 Å². The van der Waals surface area contributed by atoms with Gasteiger partial charge in [-0.15, -0.1) is 0 Å². The average Bonchev–Trinajstić information content (AvgIpc) is 2.80. The highest BCUT2D eigenvalue weighted by molar-refractivity contribution is 5.96. The highest BCUT2D eigenvalue weighted by Crippen LogP contribution is 2.43. The smallest absolute Gasteiger partial charge is 0.317 e. The highest BCUT2D eigenvalue weighted by Gasteiger charge is 2.52. The van der Waals surface area contributed by atoms with Crippen molar-refractivity contribution >= 4 is 17.6 Å². The summed E-state index contributed by atoms with van der Waals surface area (Å²) >= 11 is 0. The fraction of sp³-hybridized carbons (Fsp3) is 0.556. The van der Waals surface area contributed by atoms with Crippen molar-refractivity contribution in [3.63, 3.8) is 0 Å². The van der Waals surface area contributed by atoms with Crippen LogP contribution in [0.1, 0.15) is 19.3 Å². The molecule has 6 heteroatoms. The van der Waals surface area contributed by atoms with Crippen LogP contribution in [-0.2, 0) is 4.79 Å². The lowest BCUT2D eigenvalue weighted by atomic mass is 9.75. The maximum absolute atomic E-state index is 13.2. The molecule has 3 rings (SSSR count). The minimum atomic E-state index is -0.423. The lowest BCUT2D eigenvalue weighted by Crippen LogP contribution is -2.46. The molecular weight excluding hydrogens is 304 g/mol. The van der Waals surface area contributed by atoms with Gasteiger partial charge in [-0.3, -0.25) is 4.79 Å². The summed E-state index contributed by atoms with van der Waals surface area (Å²) in [5.41, 5.74) is 0.408. The van der Waals surface area contributed by atoms with E-state index < -0.39 is 5.41 Å². The standard InChI is InChI=1S/C18H26N4O2/c1-19-17(24)22-11-8-15-18(10-13-22,9-12-21(15)2)16(23)20-14-6-4-3-5-7-14/h3-7,15H,8-13H2,1-2H3,(H,19,24)(H,20,23)/t15-,18-/m0/s1. The molecule has 0 aromatic heterocycles. The van der Waals surface area contributed by atoms with E-state index in [4.69, 9.17) is 0 Å². The van der Waals surface area contributed by atoms with Gasteiger partial charge in [-0.05, 0) is 45.0 Å². The maximum Gasteiger partial charge on any atom is 0.317 e. The number of fused-ring (bicyclic) bond motifs is 1. The Balaban J connectivity index is 1.81. The van der Waals surface area contributed by atoms with Gasteiger partial charge >= 0.3 is 6.03 Å². The lowest BCUT2D eigenvalue weighted by molar-refractivity contribution is -0.127. The number of para-hydroxylation sites is 1. The van der Waals surface area contributed by atoms with Crippen molar-refractivity contribution in [3.05, 3.63) is 30.3 Å². The highest BCUT2D eigenvalue weighted by atomic mass is 16.2. The number of rotatable bonds is 2. The van der Waals surface area contributed by atoms with E-state index in [2.05, 4.69) is 22.6 Å². The number of nitrogens with zero attached hydrogens (tertiary/aromatic N) is 2. The summed E-state index contributed by atoms with van der Waals surface area (Å²) in [4.78, 5) is 29.2. The molecule has 3 amide bonds. The Kier molecular flexibility index (Phi) is 4.76. The van der Waals surface area contributed by atoms with Gasteiger partial charge in [0, 0.05) is 31.9 Å². The van der Waals surface area contributed by atoms with E-state index in [-0.39, 0.29) is 18.0 Å². The van der Waals surface area contributed by atoms with Crippen LogP contribution in [0.4, 0.5) is 10.5 Å². The molecular formula is C18H26N4O2. The molecule has 2 aliphatic rings. The zero-order chi connectivity index (χ0) is 17.2. The van der Waals surface area contributed by atoms with Crippen LogP contribution in [0.3, 0.4) is 0 Å². The molecule has 2 fully saturated rings. The van der Waals surface area contributed by atoms with Crippen molar-refractivity contribution in [1.82, 2.24) is 15.1 Å². The second-order valence-corrected chi connectivity index (χ2v) is 6.80. The fourth-order valence-electron chi connectivity index (χ4n) is 4.15. The largest absolute Gasteiger partial charge is 0.341 e. The third-order valence-corrected chi connectivity index (χ3v) is 5.57. The summed E-state index contributed by atoms with van der Waals surface area (Å²) in [6, 6.07) is 9.73. The Hall–Kier alpha value is -2.08. The number of benzene rings is 1. The molecule has 2 heterocycles. The SMILES string of the molecule is CNC(=O)N1CC[C@@H]2N(C)CC[C@]2(C(=O)Nc2ccccc2)CC1. The molecule has 0 spiro atoms. The van der Waals surface area contributed by atoms with Gasteiger partial charge in [0.2, 0.25) is 5.91 Å². The topological polar surface area (TPSA) is 64.7 Å². The molecule has 0 bridgehead atoms. The third kappa shape index (κ3) is 2.98. The van der Waals surface area contributed by atoms with Crippen molar-refractivity contribution < 1.29 is 9.59 Å². The number of likely N-dealkylation sites (tertiary alicyclic amines) is 2. The zero-order valence-corrected chi connectivity index (χ0v) is 14.4. The van der Waals surface area contributed by atoms with Gasteiger partial charge in [0.25, 0.3) is 0 Å². The molecule has 2 saturated heterocycles. The van der Waals surface area contributed by atoms with Gasteiger partial charge < -0.3 is 20.4 Å². The molecule has 130 valence electrons. The molecule has 0 unspecified atom stereocenters. The van der Waals surface area contributed by atoms with Gasteiger partial charge in [0.1, 0.15) is 0 Å². The van der Waals surface area contributed by atoms with Crippen LogP contribution in [-0.4, -0.2) is 61.5 Å². The van der Waals surface area contributed by atoms with Crippen LogP contribution >= 0.6 is 0 Å². The molecule has 0 saturated carbocycles. The van der Waals surface area contributed by atoms with E-state index in [0.29, 0.717) is 19.5 Å². The Morgan fingerprint density at radius 1 is 1.12 bits per heavy atom. The Labute approximate surface area is 143 Å². The van der Waals surface area contributed by atoms with Crippen LogP contribution < -0.4 is 10.6 Å². The van der Waals surface area contributed by atoms with Gasteiger partial charge in [-0.2, -0.15) is 0 Å². The van der Waals surface area contributed by atoms with Crippen molar-refractivity contribution in [1.29, 1.82) is 0 Å². The summed E-state index contributed by atoms with van der Waals surface area (Å²) in [7, 11) is 3.73. The molecule has 1 aromatic rings. The Morgan fingerprint density at radius 3 is 2.54 bits per heavy atom. The number of carbonyl (C=O) groups excluding carboxylic acids is 2. The number of anilines is 1. The van der Waals surface area contributed by atoms with Crippen LogP contribution in [0.25, 0.3) is 0 Å². The zero-order valence-electron chi connectivity index (χ0n) is 14.4. The quantitative estimate of drug-likeness (QED) is 0.868. The summed E-state index contributed by atoms with van der Waals surface area (Å²) < 4.78 is 0. The molecule has 0 aliphatic carbocycles. The number of carbonyl (C=O) groups is 2. The molecule has 2 aliphatic heterocycles. The summed E-state index contributed by atoms with van der Waals surface area (Å²) in [5.74, 6) is 0.0850. The van der Waals surface area contributed by atoms with Crippen molar-refractivity contribution in [2.75, 3.05) is 39.0 Å². The lowest BCUT2D eigenvalue weighted by Gasteiger charge is -2.34. The molecule has 2 N–H and O–H groups in total. The van der Waals surface area contributed by atoms with Gasteiger partial charge in [-0.1, -0.05) is 18.2 Å². The van der Waals surface area contributed by atoms with E-state index >= 15 is 0 Å². The van der Waals surface area contributed by atoms with E-state index in [1.165, 1.54) is 0 Å². The number of urea groups is 1. The summed E-state index contributed by atoms with van der Waals surface area (Å²) in [5, 5.41) is 5.79. The maximum atomic E-state index is 13.2. The van der Waals surface area contributed by atoms with E-state index in [1.807, 2.05) is 35.2 Å². The summed E-state index contributed by atoms with van der Waals surface area (Å²) in [6.07, 6.45) is 2.37. The molecule has 24 heavy (non-hydrogen) atoms. The molecule has 2 atom stereocenters. The van der Waals surface area contributed by atoms with Crippen LogP contribution in [0, 0.1) is 5.41 Å².